The zero-order valence-corrected chi connectivity index (χ0v) is 12.9. The summed E-state index contributed by atoms with van der Waals surface area (Å²) in [5, 5.41) is 2.92. The molecule has 6 nitrogen and oxygen atoms in total. The molecule has 0 saturated carbocycles. The Morgan fingerprint density at radius 3 is 2.73 bits per heavy atom. The summed E-state index contributed by atoms with van der Waals surface area (Å²) in [4.78, 5) is 24.3. The molecule has 2 amide bonds. The number of piperidine rings is 1. The molecular formula is C16H24N3O3+. The lowest BCUT2D eigenvalue weighted by Crippen LogP contribution is -3.14. The summed E-state index contributed by atoms with van der Waals surface area (Å²) in [5.74, 6) is 0.561. The van der Waals surface area contributed by atoms with Crippen LogP contribution in [0.15, 0.2) is 24.3 Å². The Kier molecular flexibility index (Phi) is 5.77. The molecule has 22 heavy (non-hydrogen) atoms. The van der Waals surface area contributed by atoms with Gasteiger partial charge in [0, 0.05) is 25.3 Å². The molecule has 1 aromatic carbocycles. The number of rotatable bonds is 6. The van der Waals surface area contributed by atoms with E-state index in [1.165, 1.54) is 4.90 Å². The Morgan fingerprint density at radius 2 is 2.09 bits per heavy atom. The second-order valence-corrected chi connectivity index (χ2v) is 5.73. The number of primary amides is 1. The van der Waals surface area contributed by atoms with E-state index in [9.17, 15) is 9.59 Å². The number of likely N-dealkylation sites (tertiary alicyclic amines) is 1. The molecule has 6 heteroatoms. The van der Waals surface area contributed by atoms with Gasteiger partial charge in [0.25, 0.3) is 5.91 Å². The molecule has 0 spiro atoms. The molecule has 1 aromatic rings. The van der Waals surface area contributed by atoms with Crippen LogP contribution in [0.3, 0.4) is 0 Å². The van der Waals surface area contributed by atoms with E-state index in [1.807, 2.05) is 24.3 Å². The van der Waals surface area contributed by atoms with Crippen molar-refractivity contribution in [1.29, 1.82) is 0 Å². The minimum Gasteiger partial charge on any atom is -0.497 e. The standard InChI is InChI=1S/C16H23N3O3/c1-22-14-4-2-3-12(9-14)10-18-15(20)11-19-7-5-13(6-8-19)16(17)21/h2-4,9,13H,5-8,10-11H2,1H3,(H2,17,21)(H,18,20)/p+1. The molecule has 0 aromatic heterocycles. The molecule has 0 bridgehead atoms. The third kappa shape index (κ3) is 4.73. The van der Waals surface area contributed by atoms with Crippen molar-refractivity contribution in [1.82, 2.24) is 5.32 Å². The van der Waals surface area contributed by atoms with Crippen LogP contribution in [-0.4, -0.2) is 38.6 Å². The van der Waals surface area contributed by atoms with E-state index >= 15 is 0 Å². The Bertz CT molecular complexity index is 525. The zero-order valence-electron chi connectivity index (χ0n) is 12.9. The van der Waals surface area contributed by atoms with Crippen molar-refractivity contribution in [3.8, 4) is 5.75 Å². The first-order chi connectivity index (χ1) is 10.6. The predicted molar refractivity (Wildman–Crippen MR) is 82.3 cm³/mol. The average Bonchev–Trinajstić information content (AvgIpc) is 2.53. The van der Waals surface area contributed by atoms with Gasteiger partial charge in [0.1, 0.15) is 5.75 Å². The van der Waals surface area contributed by atoms with Crippen molar-refractivity contribution in [3.05, 3.63) is 29.8 Å². The van der Waals surface area contributed by atoms with Crippen LogP contribution in [0.1, 0.15) is 18.4 Å². The zero-order chi connectivity index (χ0) is 15.9. The van der Waals surface area contributed by atoms with Crippen LogP contribution in [0, 0.1) is 5.92 Å². The number of carbonyl (C=O) groups excluding carboxylic acids is 2. The van der Waals surface area contributed by atoms with Gasteiger partial charge in [-0.05, 0) is 17.7 Å². The Morgan fingerprint density at radius 1 is 1.36 bits per heavy atom. The van der Waals surface area contributed by atoms with Crippen molar-refractivity contribution >= 4 is 11.8 Å². The normalized spacial score (nSPS) is 21.1. The SMILES string of the molecule is COc1cccc(CNC(=O)C[NH+]2CCC(C(N)=O)CC2)c1. The Balaban J connectivity index is 1.73. The van der Waals surface area contributed by atoms with E-state index in [1.54, 1.807) is 7.11 Å². The van der Waals surface area contributed by atoms with Crippen LogP contribution in [0.4, 0.5) is 0 Å². The number of ether oxygens (including phenoxy) is 1. The molecule has 0 unspecified atom stereocenters. The molecule has 0 aliphatic carbocycles. The van der Waals surface area contributed by atoms with Gasteiger partial charge in [-0.2, -0.15) is 0 Å². The maximum Gasteiger partial charge on any atom is 0.275 e. The molecule has 0 atom stereocenters. The van der Waals surface area contributed by atoms with Gasteiger partial charge < -0.3 is 20.7 Å². The lowest BCUT2D eigenvalue weighted by atomic mass is 9.96. The quantitative estimate of drug-likeness (QED) is 0.636. The van der Waals surface area contributed by atoms with Crippen LogP contribution < -0.4 is 20.7 Å². The van der Waals surface area contributed by atoms with Crippen LogP contribution >= 0.6 is 0 Å². The van der Waals surface area contributed by atoms with Crippen molar-refractivity contribution in [2.75, 3.05) is 26.7 Å². The number of methoxy groups -OCH3 is 1. The summed E-state index contributed by atoms with van der Waals surface area (Å²) in [7, 11) is 1.62. The molecule has 4 N–H and O–H groups in total. The number of nitrogens with one attached hydrogen (secondary N) is 2. The first-order valence-corrected chi connectivity index (χ1v) is 7.61. The molecule has 1 aliphatic heterocycles. The molecule has 2 rings (SSSR count). The van der Waals surface area contributed by atoms with Crippen molar-refractivity contribution in [2.24, 2.45) is 11.7 Å². The van der Waals surface area contributed by atoms with E-state index in [0.29, 0.717) is 13.1 Å². The third-order valence-electron chi connectivity index (χ3n) is 4.13. The highest BCUT2D eigenvalue weighted by atomic mass is 16.5. The molecule has 1 saturated heterocycles. The molecular weight excluding hydrogens is 282 g/mol. The second kappa shape index (κ2) is 7.79. The van der Waals surface area contributed by atoms with Gasteiger partial charge >= 0.3 is 0 Å². The maximum atomic E-state index is 12.0. The van der Waals surface area contributed by atoms with E-state index < -0.39 is 0 Å². The van der Waals surface area contributed by atoms with E-state index in [-0.39, 0.29) is 17.7 Å². The number of amides is 2. The molecule has 0 radical (unpaired) electrons. The number of hydrogen-bond donors (Lipinski definition) is 3. The fraction of sp³-hybridized carbons (Fsp3) is 0.500. The first-order valence-electron chi connectivity index (χ1n) is 7.61. The summed E-state index contributed by atoms with van der Waals surface area (Å²) >= 11 is 0. The average molecular weight is 306 g/mol. The van der Waals surface area contributed by atoms with Gasteiger partial charge in [0.15, 0.2) is 6.54 Å². The monoisotopic (exact) mass is 306 g/mol. The minimum atomic E-state index is -0.221. The Hall–Kier alpha value is -2.08. The lowest BCUT2D eigenvalue weighted by Gasteiger charge is -2.27. The number of benzene rings is 1. The molecule has 1 fully saturated rings. The number of nitrogens with two attached hydrogens (primary N) is 1. The van der Waals surface area contributed by atoms with E-state index in [0.717, 1.165) is 37.2 Å². The van der Waals surface area contributed by atoms with Crippen LogP contribution in [0.25, 0.3) is 0 Å². The Labute approximate surface area is 130 Å². The van der Waals surface area contributed by atoms with Gasteiger partial charge in [-0.25, -0.2) is 0 Å². The summed E-state index contributed by atoms with van der Waals surface area (Å²) in [6, 6.07) is 7.64. The fourth-order valence-corrected chi connectivity index (χ4v) is 2.76. The van der Waals surface area contributed by atoms with Gasteiger partial charge in [-0.15, -0.1) is 0 Å². The highest BCUT2D eigenvalue weighted by Crippen LogP contribution is 2.12. The van der Waals surface area contributed by atoms with Crippen LogP contribution in [0.2, 0.25) is 0 Å². The summed E-state index contributed by atoms with van der Waals surface area (Å²) in [6.07, 6.45) is 1.54. The van der Waals surface area contributed by atoms with Gasteiger partial charge in [0.05, 0.1) is 20.2 Å². The molecule has 120 valence electrons. The van der Waals surface area contributed by atoms with E-state index in [2.05, 4.69) is 5.32 Å². The topological polar surface area (TPSA) is 85.9 Å². The van der Waals surface area contributed by atoms with Crippen LogP contribution in [0.5, 0.6) is 5.75 Å². The fourth-order valence-electron chi connectivity index (χ4n) is 2.76. The maximum absolute atomic E-state index is 12.0. The predicted octanol–water partition coefficient (Wildman–Crippen LogP) is -0.908. The van der Waals surface area contributed by atoms with Crippen molar-refractivity contribution in [2.45, 2.75) is 19.4 Å². The second-order valence-electron chi connectivity index (χ2n) is 5.73. The highest BCUT2D eigenvalue weighted by Gasteiger charge is 2.26. The van der Waals surface area contributed by atoms with E-state index in [4.69, 9.17) is 10.5 Å². The number of quaternary nitrogens is 1. The summed E-state index contributed by atoms with van der Waals surface area (Å²) in [6.45, 7) is 2.57. The summed E-state index contributed by atoms with van der Waals surface area (Å²) < 4.78 is 5.16. The van der Waals surface area contributed by atoms with Crippen molar-refractivity contribution < 1.29 is 19.2 Å². The summed E-state index contributed by atoms with van der Waals surface area (Å²) in [5.41, 5.74) is 6.32. The smallest absolute Gasteiger partial charge is 0.275 e. The molecule has 1 heterocycles. The lowest BCUT2D eigenvalue weighted by molar-refractivity contribution is -0.897. The van der Waals surface area contributed by atoms with Crippen LogP contribution in [-0.2, 0) is 16.1 Å². The van der Waals surface area contributed by atoms with Crippen molar-refractivity contribution in [3.63, 3.8) is 0 Å². The third-order valence-corrected chi connectivity index (χ3v) is 4.13. The largest absolute Gasteiger partial charge is 0.497 e. The highest BCUT2D eigenvalue weighted by molar-refractivity contribution is 5.77. The minimum absolute atomic E-state index is 0.0235. The van der Waals surface area contributed by atoms with Gasteiger partial charge in [-0.3, -0.25) is 9.59 Å². The molecule has 1 aliphatic rings. The number of carbonyl (C=O) groups is 2. The first kappa shape index (κ1) is 16.3. The van der Waals surface area contributed by atoms with Gasteiger partial charge in [0.2, 0.25) is 5.91 Å². The number of hydrogen-bond acceptors (Lipinski definition) is 3. The van der Waals surface area contributed by atoms with Gasteiger partial charge in [-0.1, -0.05) is 12.1 Å².